The van der Waals surface area contributed by atoms with E-state index in [1.165, 1.54) is 0 Å². The number of ether oxygens (including phenoxy) is 1. The van der Waals surface area contributed by atoms with Gasteiger partial charge in [0.1, 0.15) is 6.33 Å². The summed E-state index contributed by atoms with van der Waals surface area (Å²) in [6, 6.07) is 10.1. The van der Waals surface area contributed by atoms with Gasteiger partial charge >= 0.3 is 0 Å². The predicted octanol–water partition coefficient (Wildman–Crippen LogP) is 1.98. The number of benzene rings is 1. The Morgan fingerprint density at radius 2 is 1.82 bits per heavy atom. The molecule has 10 nitrogen and oxygen atoms in total. The zero-order valence-corrected chi connectivity index (χ0v) is 19.4. The second kappa shape index (κ2) is 10.8. The minimum absolute atomic E-state index is 0.260. The van der Waals surface area contributed by atoms with Gasteiger partial charge in [0.25, 0.3) is 0 Å². The standard InChI is InChI=1S/C24H32N8O2/c33-20-8-4-11-31(20)12-5-9-26-24-28-22(25-10-13-30-14-16-34-17-15-30)21-23(29-24)32(18-27-21)19-6-2-1-3-7-19/h1-3,6-7,18H,4-5,8-17H2,(H2,25,26,28,29). The number of rotatable bonds is 10. The van der Waals surface area contributed by atoms with Gasteiger partial charge in [-0.1, -0.05) is 18.2 Å². The van der Waals surface area contributed by atoms with Crippen molar-refractivity contribution in [2.24, 2.45) is 0 Å². The van der Waals surface area contributed by atoms with E-state index in [0.717, 1.165) is 88.0 Å². The predicted molar refractivity (Wildman–Crippen MR) is 131 cm³/mol. The number of nitrogens with zero attached hydrogens (tertiary/aromatic N) is 6. The summed E-state index contributed by atoms with van der Waals surface area (Å²) in [7, 11) is 0. The lowest BCUT2D eigenvalue weighted by Gasteiger charge is -2.26. The van der Waals surface area contributed by atoms with Crippen LogP contribution in [0.2, 0.25) is 0 Å². The molecule has 0 unspecified atom stereocenters. The Hall–Kier alpha value is -3.24. The molecule has 0 atom stereocenters. The molecular formula is C24H32N8O2. The number of fused-ring (bicyclic) bond motifs is 1. The van der Waals surface area contributed by atoms with E-state index in [4.69, 9.17) is 14.7 Å². The summed E-state index contributed by atoms with van der Waals surface area (Å²) in [6.07, 6.45) is 4.29. The summed E-state index contributed by atoms with van der Waals surface area (Å²) in [5.41, 5.74) is 2.51. The average molecular weight is 465 g/mol. The Balaban J connectivity index is 1.31. The highest BCUT2D eigenvalue weighted by atomic mass is 16.5. The maximum absolute atomic E-state index is 11.8. The largest absolute Gasteiger partial charge is 0.379 e. The van der Waals surface area contributed by atoms with Crippen molar-refractivity contribution in [3.05, 3.63) is 36.7 Å². The van der Waals surface area contributed by atoms with Gasteiger partial charge in [-0.25, -0.2) is 4.98 Å². The maximum atomic E-state index is 11.8. The lowest BCUT2D eigenvalue weighted by molar-refractivity contribution is -0.127. The molecule has 1 amide bonds. The van der Waals surface area contributed by atoms with Gasteiger partial charge in [0.05, 0.1) is 13.2 Å². The number of para-hydroxylation sites is 1. The van der Waals surface area contributed by atoms with E-state index in [0.29, 0.717) is 18.9 Å². The highest BCUT2D eigenvalue weighted by Crippen LogP contribution is 2.23. The van der Waals surface area contributed by atoms with Crippen molar-refractivity contribution in [2.45, 2.75) is 19.3 Å². The molecule has 180 valence electrons. The number of amides is 1. The molecule has 4 heterocycles. The number of likely N-dealkylation sites (tertiary alicyclic amines) is 1. The van der Waals surface area contributed by atoms with Gasteiger partial charge < -0.3 is 20.3 Å². The van der Waals surface area contributed by atoms with E-state index in [1.54, 1.807) is 6.33 Å². The molecule has 0 spiro atoms. The van der Waals surface area contributed by atoms with E-state index < -0.39 is 0 Å². The van der Waals surface area contributed by atoms with E-state index in [9.17, 15) is 4.79 Å². The number of carbonyl (C=O) groups is 1. The molecule has 34 heavy (non-hydrogen) atoms. The molecule has 0 radical (unpaired) electrons. The minimum atomic E-state index is 0.260. The lowest BCUT2D eigenvalue weighted by atomic mass is 10.3. The van der Waals surface area contributed by atoms with Gasteiger partial charge in [0.15, 0.2) is 17.0 Å². The summed E-state index contributed by atoms with van der Waals surface area (Å²) in [6.45, 7) is 7.50. The number of morpholine rings is 1. The first-order valence-electron chi connectivity index (χ1n) is 12.1. The van der Waals surface area contributed by atoms with Gasteiger partial charge in [0, 0.05) is 57.9 Å². The van der Waals surface area contributed by atoms with Gasteiger partial charge in [-0.15, -0.1) is 0 Å². The van der Waals surface area contributed by atoms with Crippen LogP contribution in [0.15, 0.2) is 36.7 Å². The number of imidazole rings is 1. The normalized spacial score (nSPS) is 16.9. The summed E-state index contributed by atoms with van der Waals surface area (Å²) >= 11 is 0. The summed E-state index contributed by atoms with van der Waals surface area (Å²) < 4.78 is 7.43. The van der Waals surface area contributed by atoms with Crippen LogP contribution < -0.4 is 10.6 Å². The van der Waals surface area contributed by atoms with Crippen molar-refractivity contribution < 1.29 is 9.53 Å². The quantitative estimate of drug-likeness (QED) is 0.440. The number of hydrogen-bond donors (Lipinski definition) is 2. The first kappa shape index (κ1) is 22.5. The van der Waals surface area contributed by atoms with E-state index in [1.807, 2.05) is 39.8 Å². The van der Waals surface area contributed by atoms with Crippen LogP contribution in [0.4, 0.5) is 11.8 Å². The highest BCUT2D eigenvalue weighted by molar-refractivity contribution is 5.85. The molecule has 2 N–H and O–H groups in total. The molecule has 2 fully saturated rings. The first-order chi connectivity index (χ1) is 16.8. The lowest BCUT2D eigenvalue weighted by Crippen LogP contribution is -2.39. The molecule has 1 aromatic carbocycles. The Morgan fingerprint density at radius 3 is 2.62 bits per heavy atom. The monoisotopic (exact) mass is 464 g/mol. The van der Waals surface area contributed by atoms with Crippen LogP contribution in [0.1, 0.15) is 19.3 Å². The topological polar surface area (TPSA) is 100 Å². The van der Waals surface area contributed by atoms with Crippen LogP contribution in [0.3, 0.4) is 0 Å². The SMILES string of the molecule is O=C1CCCN1CCCNc1nc(NCCN2CCOCC2)c2ncn(-c3ccccc3)c2n1. The summed E-state index contributed by atoms with van der Waals surface area (Å²) in [4.78, 5) is 30.3. The fourth-order valence-electron chi connectivity index (χ4n) is 4.45. The van der Waals surface area contributed by atoms with Crippen molar-refractivity contribution in [3.63, 3.8) is 0 Å². The number of anilines is 2. The molecule has 5 rings (SSSR count). The third-order valence-electron chi connectivity index (χ3n) is 6.31. The van der Waals surface area contributed by atoms with Gasteiger partial charge in [0.2, 0.25) is 11.9 Å². The minimum Gasteiger partial charge on any atom is -0.379 e. The third-order valence-corrected chi connectivity index (χ3v) is 6.31. The molecule has 0 aliphatic carbocycles. The fraction of sp³-hybridized carbons (Fsp3) is 0.500. The number of nitrogens with one attached hydrogen (secondary N) is 2. The van der Waals surface area contributed by atoms with Crippen molar-refractivity contribution in [1.82, 2.24) is 29.3 Å². The molecule has 3 aromatic rings. The van der Waals surface area contributed by atoms with Crippen LogP contribution >= 0.6 is 0 Å². The molecular weight excluding hydrogens is 432 g/mol. The Kier molecular flexibility index (Phi) is 7.16. The second-order valence-corrected chi connectivity index (χ2v) is 8.66. The Labute approximate surface area is 199 Å². The van der Waals surface area contributed by atoms with Crippen LogP contribution in [-0.2, 0) is 9.53 Å². The van der Waals surface area contributed by atoms with Crippen molar-refractivity contribution in [3.8, 4) is 5.69 Å². The molecule has 2 aliphatic heterocycles. The fourth-order valence-corrected chi connectivity index (χ4v) is 4.45. The zero-order valence-electron chi connectivity index (χ0n) is 19.4. The Bertz CT molecular complexity index is 1100. The van der Waals surface area contributed by atoms with Gasteiger partial charge in [-0.2, -0.15) is 9.97 Å². The maximum Gasteiger partial charge on any atom is 0.226 e. The highest BCUT2D eigenvalue weighted by Gasteiger charge is 2.19. The van der Waals surface area contributed by atoms with Crippen LogP contribution in [0.5, 0.6) is 0 Å². The van der Waals surface area contributed by atoms with Crippen LogP contribution in [0.25, 0.3) is 16.9 Å². The summed E-state index contributed by atoms with van der Waals surface area (Å²) in [5, 5.41) is 6.83. The van der Waals surface area contributed by atoms with E-state index in [-0.39, 0.29) is 5.91 Å². The van der Waals surface area contributed by atoms with Gasteiger partial charge in [-0.05, 0) is 25.0 Å². The smallest absolute Gasteiger partial charge is 0.226 e. The number of carbonyl (C=O) groups excluding carboxylic acids is 1. The average Bonchev–Trinajstić information content (AvgIpc) is 3.49. The molecule has 2 saturated heterocycles. The van der Waals surface area contributed by atoms with Crippen LogP contribution in [-0.4, -0.2) is 94.3 Å². The van der Waals surface area contributed by atoms with Crippen molar-refractivity contribution in [1.29, 1.82) is 0 Å². The second-order valence-electron chi connectivity index (χ2n) is 8.66. The first-order valence-corrected chi connectivity index (χ1v) is 12.1. The van der Waals surface area contributed by atoms with Gasteiger partial charge in [-0.3, -0.25) is 14.3 Å². The van der Waals surface area contributed by atoms with Crippen LogP contribution in [0, 0.1) is 0 Å². The zero-order chi connectivity index (χ0) is 23.2. The van der Waals surface area contributed by atoms with E-state index >= 15 is 0 Å². The third kappa shape index (κ3) is 5.28. The number of aromatic nitrogens is 4. The Morgan fingerprint density at radius 1 is 0.971 bits per heavy atom. The summed E-state index contributed by atoms with van der Waals surface area (Å²) in [5.74, 6) is 1.55. The molecule has 0 bridgehead atoms. The molecule has 10 heteroatoms. The number of hydrogen-bond acceptors (Lipinski definition) is 8. The van der Waals surface area contributed by atoms with E-state index in [2.05, 4.69) is 20.5 Å². The molecule has 2 aliphatic rings. The van der Waals surface area contributed by atoms with Crippen molar-refractivity contribution in [2.75, 3.05) is 69.7 Å². The van der Waals surface area contributed by atoms with Crippen molar-refractivity contribution >= 4 is 28.8 Å². The molecule has 0 saturated carbocycles. The molecule has 2 aromatic heterocycles.